The molecule has 0 saturated heterocycles. The average Bonchev–Trinajstić information content (AvgIpc) is 2.38. The fourth-order valence-corrected chi connectivity index (χ4v) is 1.45. The number of ether oxygens (including phenoxy) is 1. The minimum atomic E-state index is -0.186. The summed E-state index contributed by atoms with van der Waals surface area (Å²) in [7, 11) is 0. The van der Waals surface area contributed by atoms with E-state index in [2.05, 4.69) is 12.2 Å². The molecule has 0 fully saturated rings. The molecule has 1 aromatic rings. The van der Waals surface area contributed by atoms with E-state index in [1.54, 1.807) is 12.1 Å². The molecule has 1 aromatic carbocycles. The highest BCUT2D eigenvalue weighted by molar-refractivity contribution is 5.94. The molecule has 3 nitrogen and oxygen atoms in total. The van der Waals surface area contributed by atoms with Crippen LogP contribution >= 0.6 is 0 Å². The van der Waals surface area contributed by atoms with Gasteiger partial charge in [-0.15, -0.1) is 0 Å². The van der Waals surface area contributed by atoms with Crippen molar-refractivity contribution in [3.8, 4) is 0 Å². The molecule has 94 valence electrons. The Morgan fingerprint density at radius 2 is 2.00 bits per heavy atom. The van der Waals surface area contributed by atoms with E-state index in [9.17, 15) is 4.79 Å². The van der Waals surface area contributed by atoms with Crippen LogP contribution in [-0.2, 0) is 4.74 Å². The van der Waals surface area contributed by atoms with Crippen molar-refractivity contribution in [2.75, 3.05) is 6.61 Å². The largest absolute Gasteiger partial charge is 0.359 e. The predicted octanol–water partition coefficient (Wildman–Crippen LogP) is 2.97. The van der Waals surface area contributed by atoms with Crippen LogP contribution in [0, 0.1) is 0 Å². The predicted molar refractivity (Wildman–Crippen MR) is 68.8 cm³/mol. The Hall–Kier alpha value is -1.35. The van der Waals surface area contributed by atoms with E-state index < -0.39 is 0 Å². The third kappa shape index (κ3) is 5.00. The van der Waals surface area contributed by atoms with Crippen LogP contribution in [0.1, 0.15) is 43.5 Å². The number of unbranched alkanes of at least 4 members (excludes halogenated alkanes) is 1. The van der Waals surface area contributed by atoms with Crippen LogP contribution in [0.5, 0.6) is 0 Å². The Bertz CT molecular complexity index is 324. The molecule has 0 aliphatic heterocycles. The van der Waals surface area contributed by atoms with Crippen molar-refractivity contribution in [1.29, 1.82) is 0 Å². The SMILES string of the molecule is CCCCOC(CC)NC(=O)c1ccccc1. The van der Waals surface area contributed by atoms with Crippen LogP contribution < -0.4 is 5.32 Å². The van der Waals surface area contributed by atoms with Crippen LogP contribution in [0.4, 0.5) is 0 Å². The van der Waals surface area contributed by atoms with Gasteiger partial charge in [-0.2, -0.15) is 0 Å². The second-order valence-corrected chi connectivity index (χ2v) is 3.96. The smallest absolute Gasteiger partial charge is 0.253 e. The van der Waals surface area contributed by atoms with E-state index in [4.69, 9.17) is 4.74 Å². The minimum Gasteiger partial charge on any atom is -0.359 e. The number of rotatable bonds is 7. The molecular weight excluding hydrogens is 214 g/mol. The first-order chi connectivity index (χ1) is 8.27. The van der Waals surface area contributed by atoms with Gasteiger partial charge >= 0.3 is 0 Å². The molecule has 17 heavy (non-hydrogen) atoms. The molecule has 1 unspecified atom stereocenters. The molecule has 0 saturated carbocycles. The topological polar surface area (TPSA) is 38.3 Å². The van der Waals surface area contributed by atoms with Crippen LogP contribution in [0.15, 0.2) is 30.3 Å². The lowest BCUT2D eigenvalue weighted by atomic mass is 10.2. The lowest BCUT2D eigenvalue weighted by Gasteiger charge is -2.17. The molecule has 0 aromatic heterocycles. The maximum Gasteiger partial charge on any atom is 0.253 e. The molecule has 0 aliphatic rings. The van der Waals surface area contributed by atoms with Crippen molar-refractivity contribution in [2.45, 2.75) is 39.3 Å². The minimum absolute atomic E-state index is 0.0750. The third-order valence-electron chi connectivity index (χ3n) is 2.52. The number of nitrogens with one attached hydrogen (secondary N) is 1. The Morgan fingerprint density at radius 1 is 1.29 bits per heavy atom. The summed E-state index contributed by atoms with van der Waals surface area (Å²) in [5, 5.41) is 2.88. The number of benzene rings is 1. The first-order valence-electron chi connectivity index (χ1n) is 6.25. The van der Waals surface area contributed by atoms with Gasteiger partial charge in [0.25, 0.3) is 5.91 Å². The van der Waals surface area contributed by atoms with Crippen molar-refractivity contribution in [3.05, 3.63) is 35.9 Å². The molecule has 1 atom stereocenters. The maximum atomic E-state index is 11.9. The van der Waals surface area contributed by atoms with Crippen molar-refractivity contribution >= 4 is 5.91 Å². The molecule has 0 bridgehead atoms. The standard InChI is InChI=1S/C14H21NO2/c1-3-5-11-17-13(4-2)15-14(16)12-9-7-6-8-10-12/h6-10,13H,3-5,11H2,1-2H3,(H,15,16). The summed E-state index contributed by atoms with van der Waals surface area (Å²) < 4.78 is 5.59. The lowest BCUT2D eigenvalue weighted by Crippen LogP contribution is -2.36. The monoisotopic (exact) mass is 235 g/mol. The summed E-state index contributed by atoms with van der Waals surface area (Å²) in [6.45, 7) is 4.82. The Kier molecular flexibility index (Phi) is 6.33. The molecule has 0 aliphatic carbocycles. The molecule has 1 amide bonds. The highest BCUT2D eigenvalue weighted by Crippen LogP contribution is 2.02. The number of amides is 1. The summed E-state index contributed by atoms with van der Waals surface area (Å²) in [5.74, 6) is -0.0750. The van der Waals surface area contributed by atoms with E-state index in [0.717, 1.165) is 19.3 Å². The highest BCUT2D eigenvalue weighted by atomic mass is 16.5. The number of hydrogen-bond acceptors (Lipinski definition) is 2. The van der Waals surface area contributed by atoms with Crippen LogP contribution in [0.25, 0.3) is 0 Å². The highest BCUT2D eigenvalue weighted by Gasteiger charge is 2.11. The van der Waals surface area contributed by atoms with Gasteiger partial charge in [0.2, 0.25) is 0 Å². The van der Waals surface area contributed by atoms with Gasteiger partial charge in [0, 0.05) is 12.2 Å². The van der Waals surface area contributed by atoms with E-state index in [1.165, 1.54) is 0 Å². The maximum absolute atomic E-state index is 11.9. The average molecular weight is 235 g/mol. The molecule has 0 radical (unpaired) electrons. The zero-order chi connectivity index (χ0) is 12.5. The van der Waals surface area contributed by atoms with Crippen LogP contribution in [0.2, 0.25) is 0 Å². The quantitative estimate of drug-likeness (QED) is 0.583. The molecule has 0 heterocycles. The normalized spacial score (nSPS) is 12.1. The van der Waals surface area contributed by atoms with Gasteiger partial charge in [-0.3, -0.25) is 4.79 Å². The first kappa shape index (κ1) is 13.7. The Balaban J connectivity index is 2.42. The van der Waals surface area contributed by atoms with Crippen LogP contribution in [0.3, 0.4) is 0 Å². The van der Waals surface area contributed by atoms with Gasteiger partial charge in [-0.25, -0.2) is 0 Å². The molecule has 3 heteroatoms. The van der Waals surface area contributed by atoms with Gasteiger partial charge in [-0.1, -0.05) is 38.5 Å². The Morgan fingerprint density at radius 3 is 2.59 bits per heavy atom. The Labute approximate surface area is 103 Å². The zero-order valence-corrected chi connectivity index (χ0v) is 10.6. The second kappa shape index (κ2) is 7.85. The summed E-state index contributed by atoms with van der Waals surface area (Å²) in [5.41, 5.74) is 0.671. The van der Waals surface area contributed by atoms with Crippen molar-refractivity contribution in [1.82, 2.24) is 5.32 Å². The summed E-state index contributed by atoms with van der Waals surface area (Å²) in [6, 6.07) is 9.20. The molecule has 1 N–H and O–H groups in total. The molecule has 1 rings (SSSR count). The molecular formula is C14H21NO2. The lowest BCUT2D eigenvalue weighted by molar-refractivity contribution is 0.0245. The van der Waals surface area contributed by atoms with Gasteiger partial charge in [0.15, 0.2) is 0 Å². The second-order valence-electron chi connectivity index (χ2n) is 3.96. The van der Waals surface area contributed by atoms with Gasteiger partial charge in [0.05, 0.1) is 0 Å². The van der Waals surface area contributed by atoms with Gasteiger partial charge < -0.3 is 10.1 Å². The van der Waals surface area contributed by atoms with E-state index >= 15 is 0 Å². The van der Waals surface area contributed by atoms with Crippen molar-refractivity contribution in [2.24, 2.45) is 0 Å². The van der Waals surface area contributed by atoms with E-state index in [-0.39, 0.29) is 12.1 Å². The van der Waals surface area contributed by atoms with Crippen molar-refractivity contribution < 1.29 is 9.53 Å². The third-order valence-corrected chi connectivity index (χ3v) is 2.52. The van der Waals surface area contributed by atoms with E-state index in [0.29, 0.717) is 12.2 Å². The first-order valence-corrected chi connectivity index (χ1v) is 6.25. The fourth-order valence-electron chi connectivity index (χ4n) is 1.45. The van der Waals surface area contributed by atoms with E-state index in [1.807, 2.05) is 25.1 Å². The summed E-state index contributed by atoms with van der Waals surface area (Å²) >= 11 is 0. The van der Waals surface area contributed by atoms with Gasteiger partial charge in [-0.05, 0) is 25.0 Å². The fraction of sp³-hybridized carbons (Fsp3) is 0.500. The summed E-state index contributed by atoms with van der Waals surface area (Å²) in [4.78, 5) is 11.9. The number of hydrogen-bond donors (Lipinski definition) is 1. The van der Waals surface area contributed by atoms with Crippen molar-refractivity contribution in [3.63, 3.8) is 0 Å². The zero-order valence-electron chi connectivity index (χ0n) is 10.6. The van der Waals surface area contributed by atoms with Gasteiger partial charge in [0.1, 0.15) is 6.23 Å². The van der Waals surface area contributed by atoms with Crippen LogP contribution in [-0.4, -0.2) is 18.7 Å². The summed E-state index contributed by atoms with van der Waals surface area (Å²) in [6.07, 6.45) is 2.72. The number of carbonyl (C=O) groups is 1. The molecule has 0 spiro atoms. The number of carbonyl (C=O) groups excluding carboxylic acids is 1.